The molecule has 3 atom stereocenters. The lowest BCUT2D eigenvalue weighted by molar-refractivity contribution is 0.0386. The molecular formula is C11H21FO. The summed E-state index contributed by atoms with van der Waals surface area (Å²) < 4.78 is 12.2. The number of alkyl halides is 1. The number of hydrogen-bond acceptors (Lipinski definition) is 1. The van der Waals surface area contributed by atoms with Crippen LogP contribution in [0.1, 0.15) is 45.4 Å². The summed E-state index contributed by atoms with van der Waals surface area (Å²) in [6, 6.07) is 0. The van der Waals surface area contributed by atoms with E-state index in [0.29, 0.717) is 6.42 Å². The minimum Gasteiger partial charge on any atom is -0.393 e. The van der Waals surface area contributed by atoms with Gasteiger partial charge in [-0.25, -0.2) is 0 Å². The second kappa shape index (κ2) is 5.58. The molecule has 78 valence electrons. The summed E-state index contributed by atoms with van der Waals surface area (Å²) in [4.78, 5) is 0. The molecular weight excluding hydrogens is 167 g/mol. The molecule has 0 aromatic carbocycles. The van der Waals surface area contributed by atoms with Crippen LogP contribution in [0.5, 0.6) is 0 Å². The number of halogens is 1. The average Bonchev–Trinajstić information content (AvgIpc) is 2.12. The Balaban J connectivity index is 2.33. The lowest BCUT2D eigenvalue weighted by atomic mass is 9.76. The first kappa shape index (κ1) is 11.0. The van der Waals surface area contributed by atoms with Gasteiger partial charge in [0, 0.05) is 0 Å². The van der Waals surface area contributed by atoms with Crippen molar-refractivity contribution in [1.82, 2.24) is 0 Å². The zero-order valence-electron chi connectivity index (χ0n) is 8.51. The van der Waals surface area contributed by atoms with Gasteiger partial charge in [-0.05, 0) is 37.5 Å². The molecule has 1 aliphatic rings. The number of rotatable bonds is 4. The molecule has 1 saturated carbocycles. The number of aliphatic hydroxyl groups is 1. The van der Waals surface area contributed by atoms with Gasteiger partial charge in [0.25, 0.3) is 0 Å². The van der Waals surface area contributed by atoms with Crippen molar-refractivity contribution in [3.8, 4) is 0 Å². The molecule has 0 saturated heterocycles. The van der Waals surface area contributed by atoms with E-state index in [2.05, 4.69) is 6.92 Å². The molecule has 0 spiro atoms. The molecule has 3 unspecified atom stereocenters. The van der Waals surface area contributed by atoms with Crippen molar-refractivity contribution in [3.05, 3.63) is 0 Å². The maximum Gasteiger partial charge on any atom is 0.0898 e. The normalized spacial score (nSPS) is 34.8. The van der Waals surface area contributed by atoms with Crippen LogP contribution in [0.15, 0.2) is 0 Å². The highest BCUT2D eigenvalue weighted by molar-refractivity contribution is 4.79. The zero-order chi connectivity index (χ0) is 9.68. The van der Waals surface area contributed by atoms with Crippen LogP contribution < -0.4 is 0 Å². The third-order valence-electron chi connectivity index (χ3n) is 3.23. The van der Waals surface area contributed by atoms with Gasteiger partial charge in [-0.2, -0.15) is 0 Å². The van der Waals surface area contributed by atoms with E-state index in [9.17, 15) is 9.50 Å². The molecule has 0 radical (unpaired) electrons. The zero-order valence-corrected chi connectivity index (χ0v) is 8.51. The molecule has 1 aliphatic carbocycles. The molecule has 1 N–H and O–H groups in total. The summed E-state index contributed by atoms with van der Waals surface area (Å²) in [5.74, 6) is 0.972. The Bertz CT molecular complexity index is 138. The standard InChI is InChI=1S/C11H21FO/c1-2-3-9-4-5-11(13)10(8-9)6-7-12/h9-11,13H,2-8H2,1H3. The van der Waals surface area contributed by atoms with Gasteiger partial charge in [0.05, 0.1) is 12.8 Å². The maximum absolute atomic E-state index is 12.2. The van der Waals surface area contributed by atoms with E-state index in [4.69, 9.17) is 0 Å². The SMILES string of the molecule is CCCC1CCC(O)C(CCF)C1. The highest BCUT2D eigenvalue weighted by atomic mass is 19.1. The fraction of sp³-hybridized carbons (Fsp3) is 1.00. The third kappa shape index (κ3) is 3.26. The molecule has 0 aromatic heterocycles. The lowest BCUT2D eigenvalue weighted by Crippen LogP contribution is -2.29. The Kier molecular flexibility index (Phi) is 4.71. The third-order valence-corrected chi connectivity index (χ3v) is 3.23. The monoisotopic (exact) mass is 188 g/mol. The molecule has 0 bridgehead atoms. The van der Waals surface area contributed by atoms with Crippen molar-refractivity contribution >= 4 is 0 Å². The molecule has 1 rings (SSSR count). The van der Waals surface area contributed by atoms with E-state index < -0.39 is 0 Å². The van der Waals surface area contributed by atoms with Crippen molar-refractivity contribution < 1.29 is 9.50 Å². The first-order valence-corrected chi connectivity index (χ1v) is 5.52. The van der Waals surface area contributed by atoms with Gasteiger partial charge in [-0.3, -0.25) is 4.39 Å². The molecule has 0 heterocycles. The van der Waals surface area contributed by atoms with E-state index in [0.717, 1.165) is 25.2 Å². The summed E-state index contributed by atoms with van der Waals surface area (Å²) in [5, 5.41) is 9.62. The van der Waals surface area contributed by atoms with Crippen LogP contribution >= 0.6 is 0 Å². The fourth-order valence-electron chi connectivity index (χ4n) is 2.47. The van der Waals surface area contributed by atoms with E-state index in [-0.39, 0.29) is 18.7 Å². The quantitative estimate of drug-likeness (QED) is 0.719. The summed E-state index contributed by atoms with van der Waals surface area (Å²) in [6.45, 7) is 1.91. The molecule has 0 amide bonds. The van der Waals surface area contributed by atoms with Crippen LogP contribution in [0.4, 0.5) is 4.39 Å². The average molecular weight is 188 g/mol. The van der Waals surface area contributed by atoms with Gasteiger partial charge in [-0.15, -0.1) is 0 Å². The predicted molar refractivity (Wildman–Crippen MR) is 52.3 cm³/mol. The van der Waals surface area contributed by atoms with Crippen molar-refractivity contribution in [2.45, 2.75) is 51.6 Å². The van der Waals surface area contributed by atoms with Crippen LogP contribution in [0.3, 0.4) is 0 Å². The number of hydrogen-bond donors (Lipinski definition) is 1. The van der Waals surface area contributed by atoms with E-state index in [1.165, 1.54) is 12.8 Å². The summed E-state index contributed by atoms with van der Waals surface area (Å²) in [6.07, 6.45) is 5.84. The van der Waals surface area contributed by atoms with Gasteiger partial charge >= 0.3 is 0 Å². The van der Waals surface area contributed by atoms with Crippen molar-refractivity contribution in [2.75, 3.05) is 6.67 Å². The van der Waals surface area contributed by atoms with Gasteiger partial charge in [0.15, 0.2) is 0 Å². The van der Waals surface area contributed by atoms with Crippen molar-refractivity contribution in [1.29, 1.82) is 0 Å². The Labute approximate surface area is 80.3 Å². The smallest absolute Gasteiger partial charge is 0.0898 e. The summed E-state index contributed by atoms with van der Waals surface area (Å²) >= 11 is 0. The Morgan fingerprint density at radius 3 is 2.69 bits per heavy atom. The van der Waals surface area contributed by atoms with Crippen LogP contribution in [-0.2, 0) is 0 Å². The molecule has 0 aromatic rings. The molecule has 13 heavy (non-hydrogen) atoms. The van der Waals surface area contributed by atoms with Crippen LogP contribution in [0.2, 0.25) is 0 Å². The van der Waals surface area contributed by atoms with E-state index in [1.807, 2.05) is 0 Å². The molecule has 1 nitrogen and oxygen atoms in total. The van der Waals surface area contributed by atoms with Gasteiger partial charge in [0.2, 0.25) is 0 Å². The van der Waals surface area contributed by atoms with E-state index >= 15 is 0 Å². The van der Waals surface area contributed by atoms with Crippen LogP contribution in [0.25, 0.3) is 0 Å². The first-order chi connectivity index (χ1) is 6.27. The molecule has 0 aliphatic heterocycles. The van der Waals surface area contributed by atoms with Crippen LogP contribution in [0, 0.1) is 11.8 Å². The lowest BCUT2D eigenvalue weighted by Gasteiger charge is -2.32. The first-order valence-electron chi connectivity index (χ1n) is 5.52. The maximum atomic E-state index is 12.2. The second-order valence-corrected chi connectivity index (χ2v) is 4.27. The minimum absolute atomic E-state index is 0.232. The molecule has 1 fully saturated rings. The van der Waals surface area contributed by atoms with Gasteiger partial charge < -0.3 is 5.11 Å². The van der Waals surface area contributed by atoms with E-state index in [1.54, 1.807) is 0 Å². The summed E-state index contributed by atoms with van der Waals surface area (Å²) in [7, 11) is 0. The van der Waals surface area contributed by atoms with Crippen molar-refractivity contribution in [3.63, 3.8) is 0 Å². The minimum atomic E-state index is -0.277. The molecule has 2 heteroatoms. The van der Waals surface area contributed by atoms with Crippen LogP contribution in [-0.4, -0.2) is 17.9 Å². The second-order valence-electron chi connectivity index (χ2n) is 4.27. The predicted octanol–water partition coefficient (Wildman–Crippen LogP) is 2.92. The highest BCUT2D eigenvalue weighted by Gasteiger charge is 2.28. The summed E-state index contributed by atoms with van der Waals surface area (Å²) in [5.41, 5.74) is 0. The Morgan fingerprint density at radius 1 is 1.31 bits per heavy atom. The largest absolute Gasteiger partial charge is 0.393 e. The Morgan fingerprint density at radius 2 is 2.08 bits per heavy atom. The van der Waals surface area contributed by atoms with Crippen molar-refractivity contribution in [2.24, 2.45) is 11.8 Å². The van der Waals surface area contributed by atoms with Gasteiger partial charge in [-0.1, -0.05) is 19.8 Å². The number of aliphatic hydroxyl groups excluding tert-OH is 1. The Hall–Kier alpha value is -0.110. The fourth-order valence-corrected chi connectivity index (χ4v) is 2.47. The highest BCUT2D eigenvalue weighted by Crippen LogP contribution is 2.33. The topological polar surface area (TPSA) is 20.2 Å². The van der Waals surface area contributed by atoms with Gasteiger partial charge in [0.1, 0.15) is 0 Å².